The molecule has 3 rings (SSSR count). The van der Waals surface area contributed by atoms with Crippen molar-refractivity contribution in [3.05, 3.63) is 40.4 Å². The summed E-state index contributed by atoms with van der Waals surface area (Å²) < 4.78 is 0. The van der Waals surface area contributed by atoms with Crippen molar-refractivity contribution in [1.82, 2.24) is 4.98 Å². The van der Waals surface area contributed by atoms with Gasteiger partial charge in [0.15, 0.2) is 5.13 Å². The highest BCUT2D eigenvalue weighted by molar-refractivity contribution is 7.13. The van der Waals surface area contributed by atoms with Gasteiger partial charge in [-0.1, -0.05) is 11.6 Å². The Hall–Kier alpha value is -1.92. The number of rotatable bonds is 3. The van der Waals surface area contributed by atoms with Crippen molar-refractivity contribution >= 4 is 45.6 Å². The number of thiazole rings is 1. The van der Waals surface area contributed by atoms with Crippen LogP contribution in [0.15, 0.2) is 29.8 Å². The first-order valence-electron chi connectivity index (χ1n) is 6.71. The summed E-state index contributed by atoms with van der Waals surface area (Å²) in [4.78, 5) is 30.3. The minimum Gasteiger partial charge on any atom is -0.302 e. The first-order valence-corrected chi connectivity index (χ1v) is 7.96. The van der Waals surface area contributed by atoms with Crippen molar-refractivity contribution in [2.45, 2.75) is 19.3 Å². The quantitative estimate of drug-likeness (QED) is 0.937. The van der Waals surface area contributed by atoms with Gasteiger partial charge in [-0.2, -0.15) is 0 Å². The minimum absolute atomic E-state index is 0.0452. The van der Waals surface area contributed by atoms with Gasteiger partial charge in [-0.3, -0.25) is 9.59 Å². The van der Waals surface area contributed by atoms with E-state index in [1.807, 2.05) is 13.8 Å². The van der Waals surface area contributed by atoms with Gasteiger partial charge in [0.2, 0.25) is 11.8 Å². The third kappa shape index (κ3) is 2.48. The van der Waals surface area contributed by atoms with E-state index in [0.29, 0.717) is 10.2 Å². The molecule has 0 radical (unpaired) electrons. The fourth-order valence-corrected chi connectivity index (χ4v) is 3.27. The zero-order chi connectivity index (χ0) is 15.9. The van der Waals surface area contributed by atoms with E-state index in [9.17, 15) is 9.59 Å². The molecule has 0 bridgehead atoms. The highest BCUT2D eigenvalue weighted by Crippen LogP contribution is 2.42. The molecule has 1 aromatic heterocycles. The van der Waals surface area contributed by atoms with Crippen molar-refractivity contribution in [1.29, 1.82) is 0 Å². The molecule has 0 atom stereocenters. The molecule has 0 unspecified atom stereocenters. The van der Waals surface area contributed by atoms with E-state index in [0.717, 1.165) is 11.3 Å². The van der Waals surface area contributed by atoms with Gasteiger partial charge in [-0.15, -0.1) is 11.3 Å². The monoisotopic (exact) mass is 335 g/mol. The number of hydrogen-bond donors (Lipinski definition) is 1. The van der Waals surface area contributed by atoms with Crippen LogP contribution in [-0.4, -0.2) is 23.3 Å². The number of carbonyl (C=O) groups is 2. The topological polar surface area (TPSA) is 62.3 Å². The number of hydrogen-bond acceptors (Lipinski definition) is 4. The van der Waals surface area contributed by atoms with Crippen LogP contribution in [0.4, 0.5) is 10.8 Å². The molecule has 5 nitrogen and oxygen atoms in total. The maximum Gasteiger partial charge on any atom is 0.246 e. The van der Waals surface area contributed by atoms with Crippen molar-refractivity contribution in [2.24, 2.45) is 0 Å². The summed E-state index contributed by atoms with van der Waals surface area (Å²) >= 11 is 7.36. The SMILES string of the molecule is CC1(C)C(=O)N(CC(=O)Nc2nccs2)c2ccc(Cl)cc21. The molecule has 114 valence electrons. The van der Waals surface area contributed by atoms with E-state index in [-0.39, 0.29) is 18.4 Å². The van der Waals surface area contributed by atoms with Gasteiger partial charge in [0.25, 0.3) is 0 Å². The average molecular weight is 336 g/mol. The molecular formula is C15H14ClN3O2S. The van der Waals surface area contributed by atoms with Gasteiger partial charge >= 0.3 is 0 Å². The number of benzene rings is 1. The Morgan fingerprint density at radius 3 is 2.91 bits per heavy atom. The highest BCUT2D eigenvalue weighted by Gasteiger charge is 2.44. The Kier molecular flexibility index (Phi) is 3.66. The van der Waals surface area contributed by atoms with Crippen molar-refractivity contribution in [2.75, 3.05) is 16.8 Å². The molecule has 1 N–H and O–H groups in total. The smallest absolute Gasteiger partial charge is 0.246 e. The van der Waals surface area contributed by atoms with Gasteiger partial charge in [-0.25, -0.2) is 4.98 Å². The first-order chi connectivity index (χ1) is 10.4. The van der Waals surface area contributed by atoms with Gasteiger partial charge < -0.3 is 10.2 Å². The summed E-state index contributed by atoms with van der Waals surface area (Å²) in [6.45, 7) is 3.63. The Bertz CT molecular complexity index is 743. The van der Waals surface area contributed by atoms with Gasteiger partial charge in [0.05, 0.1) is 5.41 Å². The highest BCUT2D eigenvalue weighted by atomic mass is 35.5. The van der Waals surface area contributed by atoms with Crippen LogP contribution < -0.4 is 10.2 Å². The summed E-state index contributed by atoms with van der Waals surface area (Å²) in [5.74, 6) is -0.388. The molecule has 7 heteroatoms. The normalized spacial score (nSPS) is 15.8. The van der Waals surface area contributed by atoms with E-state index < -0.39 is 5.41 Å². The van der Waals surface area contributed by atoms with Crippen LogP contribution in [0, 0.1) is 0 Å². The lowest BCUT2D eigenvalue weighted by Crippen LogP contribution is -2.40. The standard InChI is InChI=1S/C15H14ClN3O2S/c1-15(2)10-7-9(16)3-4-11(10)19(13(15)21)8-12(20)18-14-17-5-6-22-14/h3-7H,8H2,1-2H3,(H,17,18,20). The van der Waals surface area contributed by atoms with Crippen LogP contribution >= 0.6 is 22.9 Å². The number of nitrogens with zero attached hydrogens (tertiary/aromatic N) is 2. The molecule has 2 aromatic rings. The van der Waals surface area contributed by atoms with Crippen LogP contribution in [0.5, 0.6) is 0 Å². The van der Waals surface area contributed by atoms with E-state index >= 15 is 0 Å². The lowest BCUT2D eigenvalue weighted by Gasteiger charge is -2.19. The van der Waals surface area contributed by atoms with Crippen molar-refractivity contribution in [3.63, 3.8) is 0 Å². The number of aromatic nitrogens is 1. The molecule has 0 spiro atoms. The van der Waals surface area contributed by atoms with E-state index in [1.165, 1.54) is 16.2 Å². The Labute approximate surface area is 136 Å². The molecule has 2 heterocycles. The van der Waals surface area contributed by atoms with Gasteiger partial charge in [-0.05, 0) is 37.6 Å². The maximum absolute atomic E-state index is 12.6. The van der Waals surface area contributed by atoms with E-state index in [4.69, 9.17) is 11.6 Å². The fraction of sp³-hybridized carbons (Fsp3) is 0.267. The predicted octanol–water partition coefficient (Wildman–Crippen LogP) is 3.06. The van der Waals surface area contributed by atoms with Crippen LogP contribution in [0.3, 0.4) is 0 Å². The third-order valence-electron chi connectivity index (χ3n) is 3.68. The number of anilines is 2. The molecule has 1 aliphatic heterocycles. The molecule has 0 aliphatic carbocycles. The number of halogens is 1. The molecular weight excluding hydrogens is 322 g/mol. The second kappa shape index (κ2) is 5.37. The zero-order valence-electron chi connectivity index (χ0n) is 12.1. The number of fused-ring (bicyclic) bond motifs is 1. The Morgan fingerprint density at radius 2 is 2.23 bits per heavy atom. The van der Waals surface area contributed by atoms with Crippen LogP contribution in [0.1, 0.15) is 19.4 Å². The predicted molar refractivity (Wildman–Crippen MR) is 87.6 cm³/mol. The molecule has 2 amide bonds. The Morgan fingerprint density at radius 1 is 1.45 bits per heavy atom. The zero-order valence-corrected chi connectivity index (χ0v) is 13.7. The molecule has 1 aromatic carbocycles. The summed E-state index contributed by atoms with van der Waals surface area (Å²) in [6.07, 6.45) is 1.61. The molecule has 1 aliphatic rings. The summed E-state index contributed by atoms with van der Waals surface area (Å²) in [5, 5.41) is 5.56. The van der Waals surface area contributed by atoms with E-state index in [1.54, 1.807) is 29.8 Å². The Balaban J connectivity index is 1.86. The summed E-state index contributed by atoms with van der Waals surface area (Å²) in [6, 6.07) is 5.29. The second-order valence-corrected chi connectivity index (χ2v) is 6.89. The largest absolute Gasteiger partial charge is 0.302 e. The fourth-order valence-electron chi connectivity index (χ4n) is 2.55. The minimum atomic E-state index is -0.693. The third-order valence-corrected chi connectivity index (χ3v) is 4.61. The summed E-state index contributed by atoms with van der Waals surface area (Å²) in [7, 11) is 0. The molecule has 0 fully saturated rings. The number of carbonyl (C=O) groups excluding carboxylic acids is 2. The lowest BCUT2D eigenvalue weighted by atomic mass is 9.86. The molecule has 22 heavy (non-hydrogen) atoms. The van der Waals surface area contributed by atoms with Crippen LogP contribution in [-0.2, 0) is 15.0 Å². The summed E-state index contributed by atoms with van der Waals surface area (Å²) in [5.41, 5.74) is 0.877. The average Bonchev–Trinajstić information content (AvgIpc) is 3.02. The van der Waals surface area contributed by atoms with Crippen molar-refractivity contribution in [3.8, 4) is 0 Å². The van der Waals surface area contributed by atoms with E-state index in [2.05, 4.69) is 10.3 Å². The molecule has 0 saturated heterocycles. The van der Waals surface area contributed by atoms with Crippen LogP contribution in [0.2, 0.25) is 5.02 Å². The number of amides is 2. The van der Waals surface area contributed by atoms with Gasteiger partial charge in [0.1, 0.15) is 6.54 Å². The van der Waals surface area contributed by atoms with Crippen LogP contribution in [0.25, 0.3) is 0 Å². The molecule has 0 saturated carbocycles. The first kappa shape index (κ1) is 15.0. The van der Waals surface area contributed by atoms with Gasteiger partial charge in [0, 0.05) is 22.3 Å². The number of nitrogens with one attached hydrogen (secondary N) is 1. The maximum atomic E-state index is 12.6. The van der Waals surface area contributed by atoms with Crippen molar-refractivity contribution < 1.29 is 9.59 Å². The second-order valence-electron chi connectivity index (χ2n) is 5.56. The lowest BCUT2D eigenvalue weighted by molar-refractivity contribution is -0.124.